The molecule has 110 valence electrons. The third-order valence-electron chi connectivity index (χ3n) is 3.08. The highest BCUT2D eigenvalue weighted by atomic mass is 16.2. The van der Waals surface area contributed by atoms with Gasteiger partial charge in [0.1, 0.15) is 6.04 Å². The minimum atomic E-state index is -0.546. The number of hydrogen-bond donors (Lipinski definition) is 2. The van der Waals surface area contributed by atoms with Crippen LogP contribution in [-0.4, -0.2) is 30.9 Å². The molecule has 2 amide bonds. The number of nitrogens with one attached hydrogen (secondary N) is 2. The van der Waals surface area contributed by atoms with E-state index in [9.17, 15) is 9.59 Å². The average molecular weight is 277 g/mol. The normalized spacial score (nSPS) is 11.6. The van der Waals surface area contributed by atoms with Crippen molar-refractivity contribution >= 4 is 23.2 Å². The fraction of sp³-hybridized carbons (Fsp3) is 0.467. The van der Waals surface area contributed by atoms with Gasteiger partial charge in [-0.25, -0.2) is 0 Å². The molecule has 0 aliphatic heterocycles. The summed E-state index contributed by atoms with van der Waals surface area (Å²) in [6.07, 6.45) is 0. The quantitative estimate of drug-likeness (QED) is 0.836. The van der Waals surface area contributed by atoms with E-state index in [1.165, 1.54) is 6.92 Å². The summed E-state index contributed by atoms with van der Waals surface area (Å²) in [6.45, 7) is 9.15. The number of benzene rings is 1. The van der Waals surface area contributed by atoms with E-state index in [-0.39, 0.29) is 11.8 Å². The van der Waals surface area contributed by atoms with Gasteiger partial charge >= 0.3 is 0 Å². The number of hydrogen-bond acceptors (Lipinski definition) is 3. The van der Waals surface area contributed by atoms with Gasteiger partial charge < -0.3 is 15.5 Å². The van der Waals surface area contributed by atoms with E-state index < -0.39 is 6.04 Å². The Morgan fingerprint density at radius 1 is 1.15 bits per heavy atom. The molecule has 0 saturated carbocycles. The van der Waals surface area contributed by atoms with E-state index in [2.05, 4.69) is 29.4 Å². The summed E-state index contributed by atoms with van der Waals surface area (Å²) in [4.78, 5) is 25.0. The fourth-order valence-electron chi connectivity index (χ4n) is 1.97. The molecule has 0 saturated heterocycles. The van der Waals surface area contributed by atoms with Crippen LogP contribution in [0.1, 0.15) is 27.7 Å². The molecule has 1 aromatic carbocycles. The van der Waals surface area contributed by atoms with Crippen molar-refractivity contribution in [3.8, 4) is 0 Å². The van der Waals surface area contributed by atoms with Gasteiger partial charge in [-0.05, 0) is 45.0 Å². The topological polar surface area (TPSA) is 61.4 Å². The van der Waals surface area contributed by atoms with E-state index in [4.69, 9.17) is 0 Å². The molecular formula is C15H23N3O2. The monoisotopic (exact) mass is 277 g/mol. The second kappa shape index (κ2) is 7.53. The minimum Gasteiger partial charge on any atom is -0.372 e. The highest BCUT2D eigenvalue weighted by molar-refractivity contribution is 5.96. The third kappa shape index (κ3) is 4.57. The van der Waals surface area contributed by atoms with Gasteiger partial charge in [-0.1, -0.05) is 0 Å². The van der Waals surface area contributed by atoms with Crippen molar-refractivity contribution in [2.75, 3.05) is 23.3 Å². The maximum absolute atomic E-state index is 11.8. The number of anilines is 2. The van der Waals surface area contributed by atoms with Gasteiger partial charge in [0.15, 0.2) is 0 Å². The smallest absolute Gasteiger partial charge is 0.246 e. The number of amides is 2. The average Bonchev–Trinajstić information content (AvgIpc) is 2.41. The van der Waals surface area contributed by atoms with Gasteiger partial charge in [0, 0.05) is 31.4 Å². The van der Waals surface area contributed by atoms with Gasteiger partial charge in [0.2, 0.25) is 11.8 Å². The number of carbonyl (C=O) groups is 2. The Balaban J connectivity index is 2.65. The lowest BCUT2D eigenvalue weighted by molar-refractivity contribution is -0.124. The first-order valence-corrected chi connectivity index (χ1v) is 6.90. The third-order valence-corrected chi connectivity index (χ3v) is 3.08. The molecular weight excluding hydrogens is 254 g/mol. The predicted molar refractivity (Wildman–Crippen MR) is 81.9 cm³/mol. The SMILES string of the molecule is CCN(CC)c1ccc(NC(=O)C(C)NC(C)=O)cc1. The van der Waals surface area contributed by atoms with E-state index in [1.54, 1.807) is 6.92 Å². The van der Waals surface area contributed by atoms with E-state index in [1.807, 2.05) is 24.3 Å². The van der Waals surface area contributed by atoms with Gasteiger partial charge in [-0.15, -0.1) is 0 Å². The van der Waals surface area contributed by atoms with E-state index >= 15 is 0 Å². The molecule has 0 aliphatic carbocycles. The molecule has 5 nitrogen and oxygen atoms in total. The van der Waals surface area contributed by atoms with Crippen molar-refractivity contribution in [1.82, 2.24) is 5.32 Å². The lowest BCUT2D eigenvalue weighted by Crippen LogP contribution is -2.40. The molecule has 0 radical (unpaired) electrons. The van der Waals surface area contributed by atoms with E-state index in [0.717, 1.165) is 24.5 Å². The highest BCUT2D eigenvalue weighted by Crippen LogP contribution is 2.17. The standard InChI is InChI=1S/C15H23N3O2/c1-5-18(6-2)14-9-7-13(8-10-14)17-15(20)11(3)16-12(4)19/h7-11H,5-6H2,1-4H3,(H,16,19)(H,17,20). The van der Waals surface area contributed by atoms with Crippen LogP contribution in [0.15, 0.2) is 24.3 Å². The summed E-state index contributed by atoms with van der Waals surface area (Å²) in [5.41, 5.74) is 1.85. The summed E-state index contributed by atoms with van der Waals surface area (Å²) in [5, 5.41) is 5.33. The minimum absolute atomic E-state index is 0.218. The molecule has 0 fully saturated rings. The fourth-order valence-corrected chi connectivity index (χ4v) is 1.97. The van der Waals surface area contributed by atoms with Crippen LogP contribution in [0.5, 0.6) is 0 Å². The Morgan fingerprint density at radius 3 is 2.15 bits per heavy atom. The van der Waals surface area contributed by atoms with Crippen molar-refractivity contribution in [2.24, 2.45) is 0 Å². The Kier molecular flexibility index (Phi) is 6.03. The molecule has 0 bridgehead atoms. The van der Waals surface area contributed by atoms with E-state index in [0.29, 0.717) is 0 Å². The summed E-state index contributed by atoms with van der Waals surface area (Å²) in [5.74, 6) is -0.444. The van der Waals surface area contributed by atoms with Crippen molar-refractivity contribution in [2.45, 2.75) is 33.7 Å². The van der Waals surface area contributed by atoms with Gasteiger partial charge in [-0.2, -0.15) is 0 Å². The van der Waals surface area contributed by atoms with Crippen LogP contribution >= 0.6 is 0 Å². The van der Waals surface area contributed by atoms with Crippen molar-refractivity contribution in [3.63, 3.8) is 0 Å². The maximum Gasteiger partial charge on any atom is 0.246 e. The molecule has 0 heterocycles. The Bertz CT molecular complexity index is 453. The summed E-state index contributed by atoms with van der Waals surface area (Å²) in [7, 11) is 0. The first-order valence-electron chi connectivity index (χ1n) is 6.90. The zero-order valence-corrected chi connectivity index (χ0v) is 12.6. The van der Waals surface area contributed by atoms with Crippen LogP contribution in [-0.2, 0) is 9.59 Å². The first kappa shape index (κ1) is 16.0. The molecule has 1 aromatic rings. The van der Waals surface area contributed by atoms with Crippen LogP contribution in [0.3, 0.4) is 0 Å². The van der Waals surface area contributed by atoms with Gasteiger partial charge in [-0.3, -0.25) is 9.59 Å². The Hall–Kier alpha value is -2.04. The molecule has 0 spiro atoms. The molecule has 20 heavy (non-hydrogen) atoms. The van der Waals surface area contributed by atoms with Crippen LogP contribution in [0.25, 0.3) is 0 Å². The van der Waals surface area contributed by atoms with Crippen molar-refractivity contribution in [1.29, 1.82) is 0 Å². The molecule has 1 atom stereocenters. The number of nitrogens with zero attached hydrogens (tertiary/aromatic N) is 1. The van der Waals surface area contributed by atoms with Crippen molar-refractivity contribution in [3.05, 3.63) is 24.3 Å². The molecule has 1 rings (SSSR count). The number of carbonyl (C=O) groups excluding carboxylic acids is 2. The lowest BCUT2D eigenvalue weighted by Gasteiger charge is -2.21. The second-order valence-corrected chi connectivity index (χ2v) is 4.63. The number of rotatable bonds is 6. The van der Waals surface area contributed by atoms with Crippen LogP contribution in [0.4, 0.5) is 11.4 Å². The lowest BCUT2D eigenvalue weighted by atomic mass is 10.2. The van der Waals surface area contributed by atoms with Crippen LogP contribution in [0.2, 0.25) is 0 Å². The van der Waals surface area contributed by atoms with Crippen LogP contribution < -0.4 is 15.5 Å². The Labute approximate surface area is 120 Å². The maximum atomic E-state index is 11.8. The molecule has 2 N–H and O–H groups in total. The van der Waals surface area contributed by atoms with Crippen molar-refractivity contribution < 1.29 is 9.59 Å². The first-order chi connectivity index (χ1) is 9.47. The Morgan fingerprint density at radius 2 is 1.70 bits per heavy atom. The van der Waals surface area contributed by atoms with Gasteiger partial charge in [0.05, 0.1) is 0 Å². The molecule has 0 aliphatic rings. The zero-order valence-electron chi connectivity index (χ0n) is 12.6. The van der Waals surface area contributed by atoms with Gasteiger partial charge in [0.25, 0.3) is 0 Å². The second-order valence-electron chi connectivity index (χ2n) is 4.63. The highest BCUT2D eigenvalue weighted by Gasteiger charge is 2.13. The predicted octanol–water partition coefficient (Wildman–Crippen LogP) is 2.00. The largest absolute Gasteiger partial charge is 0.372 e. The molecule has 5 heteroatoms. The summed E-state index contributed by atoms with van der Waals surface area (Å²) >= 11 is 0. The van der Waals surface area contributed by atoms with Crippen LogP contribution in [0, 0.1) is 0 Å². The summed E-state index contributed by atoms with van der Waals surface area (Å²) < 4.78 is 0. The zero-order chi connectivity index (χ0) is 15.1. The molecule has 1 unspecified atom stereocenters. The summed E-state index contributed by atoms with van der Waals surface area (Å²) in [6, 6.07) is 7.14. The molecule has 0 aromatic heterocycles.